The molecule has 28 heavy (non-hydrogen) atoms. The molecular weight excluding hydrogens is 362 g/mol. The van der Waals surface area contributed by atoms with E-state index < -0.39 is 11.9 Å². The number of anilines is 1. The van der Waals surface area contributed by atoms with Crippen LogP contribution in [0.25, 0.3) is 0 Å². The number of β-amino-alcohol motifs (C(OH)–C–C–N with tert-alkyl or cyclic N) is 1. The molecule has 0 bridgehead atoms. The van der Waals surface area contributed by atoms with Gasteiger partial charge in [-0.1, -0.05) is 12.1 Å². The number of aliphatic hydroxyl groups is 1. The maximum atomic E-state index is 13.0. The number of esters is 1. The minimum absolute atomic E-state index is 0.0522. The van der Waals surface area contributed by atoms with Gasteiger partial charge in [0, 0.05) is 19.6 Å². The van der Waals surface area contributed by atoms with Crippen molar-refractivity contribution in [2.24, 2.45) is 0 Å². The average Bonchev–Trinajstić information content (AvgIpc) is 3.04. The fraction of sp³-hybridized carbons (Fsp3) is 0.450. The number of nitrogens with zero attached hydrogens (tertiary/aromatic N) is 2. The van der Waals surface area contributed by atoms with Crippen LogP contribution in [-0.2, 0) is 14.3 Å². The lowest BCUT2D eigenvalue weighted by atomic mass is 10.1. The highest BCUT2D eigenvalue weighted by Gasteiger charge is 2.35. The van der Waals surface area contributed by atoms with E-state index in [-0.39, 0.29) is 36.9 Å². The van der Waals surface area contributed by atoms with Gasteiger partial charge in [-0.2, -0.15) is 0 Å². The number of rotatable bonds is 6. The number of para-hydroxylation sites is 1. The van der Waals surface area contributed by atoms with E-state index in [0.29, 0.717) is 24.3 Å². The van der Waals surface area contributed by atoms with Crippen LogP contribution in [-0.4, -0.2) is 72.6 Å². The van der Waals surface area contributed by atoms with Gasteiger partial charge in [0.05, 0.1) is 37.1 Å². The van der Waals surface area contributed by atoms with Gasteiger partial charge in [0.1, 0.15) is 5.70 Å². The molecule has 8 heteroatoms. The van der Waals surface area contributed by atoms with Gasteiger partial charge in [-0.15, -0.1) is 0 Å². The molecule has 3 rings (SSSR count). The molecule has 2 aliphatic heterocycles. The number of piperidine rings is 1. The van der Waals surface area contributed by atoms with Gasteiger partial charge in [0.2, 0.25) is 0 Å². The first-order valence-corrected chi connectivity index (χ1v) is 9.43. The number of benzene rings is 1. The summed E-state index contributed by atoms with van der Waals surface area (Å²) in [5.74, 6) is -1.12. The highest BCUT2D eigenvalue weighted by Crippen LogP contribution is 2.26. The second-order valence-electron chi connectivity index (χ2n) is 6.82. The molecule has 0 atom stereocenters. The van der Waals surface area contributed by atoms with E-state index in [2.05, 4.69) is 5.32 Å². The second kappa shape index (κ2) is 8.88. The monoisotopic (exact) mass is 387 g/mol. The van der Waals surface area contributed by atoms with Crippen molar-refractivity contribution in [3.05, 3.63) is 41.1 Å². The minimum Gasteiger partial charge on any atom is -0.466 e. The summed E-state index contributed by atoms with van der Waals surface area (Å²) in [5, 5.41) is 12.2. The largest absolute Gasteiger partial charge is 0.466 e. The Bertz CT molecular complexity index is 799. The average molecular weight is 387 g/mol. The molecule has 2 heterocycles. The summed E-state index contributed by atoms with van der Waals surface area (Å²) in [7, 11) is 1.25. The van der Waals surface area contributed by atoms with Crippen molar-refractivity contribution in [1.82, 2.24) is 9.80 Å². The molecule has 8 nitrogen and oxygen atoms in total. The molecule has 1 fully saturated rings. The third-order valence-electron chi connectivity index (χ3n) is 5.01. The van der Waals surface area contributed by atoms with Crippen LogP contribution in [0.15, 0.2) is 35.5 Å². The molecule has 0 aliphatic carbocycles. The molecule has 2 aliphatic rings. The summed E-state index contributed by atoms with van der Waals surface area (Å²) in [6, 6.07) is 6.95. The quantitative estimate of drug-likeness (QED) is 0.706. The van der Waals surface area contributed by atoms with Crippen molar-refractivity contribution in [3.8, 4) is 0 Å². The molecule has 2 amide bonds. The van der Waals surface area contributed by atoms with Crippen molar-refractivity contribution in [3.63, 3.8) is 0 Å². The van der Waals surface area contributed by atoms with Crippen LogP contribution in [0, 0.1) is 0 Å². The molecule has 1 aromatic rings. The van der Waals surface area contributed by atoms with E-state index in [1.807, 2.05) is 4.90 Å². The highest BCUT2D eigenvalue weighted by atomic mass is 16.5. The molecular formula is C20H25N3O5. The summed E-state index contributed by atoms with van der Waals surface area (Å²) < 4.78 is 4.80. The highest BCUT2D eigenvalue weighted by molar-refractivity contribution is 6.09. The first-order valence-electron chi connectivity index (χ1n) is 9.43. The first-order chi connectivity index (χ1) is 13.6. The third kappa shape index (κ3) is 4.01. The van der Waals surface area contributed by atoms with Crippen molar-refractivity contribution in [1.29, 1.82) is 0 Å². The van der Waals surface area contributed by atoms with E-state index in [0.717, 1.165) is 19.3 Å². The maximum absolute atomic E-state index is 13.0. The van der Waals surface area contributed by atoms with Crippen LogP contribution in [0.4, 0.5) is 5.69 Å². The van der Waals surface area contributed by atoms with E-state index in [1.54, 1.807) is 24.3 Å². The molecule has 0 radical (unpaired) electrons. The summed E-state index contributed by atoms with van der Waals surface area (Å²) in [6.07, 6.45) is 3.08. The van der Waals surface area contributed by atoms with Gasteiger partial charge in [-0.25, -0.2) is 4.79 Å². The lowest BCUT2D eigenvalue weighted by Gasteiger charge is -2.27. The molecule has 1 aromatic carbocycles. The SMILES string of the molecule is COC(=O)C1=C(Nc2ccccc2C(=O)N2CCCCC2)C(=O)N(CCO)C1. The Hall–Kier alpha value is -2.87. The first kappa shape index (κ1) is 19.9. The van der Waals surface area contributed by atoms with Gasteiger partial charge in [-0.3, -0.25) is 9.59 Å². The van der Waals surface area contributed by atoms with Gasteiger partial charge in [0.15, 0.2) is 0 Å². The molecule has 0 aromatic heterocycles. The molecule has 0 saturated carbocycles. The Morgan fingerprint density at radius 3 is 2.57 bits per heavy atom. The number of carbonyl (C=O) groups is 3. The van der Waals surface area contributed by atoms with Crippen LogP contribution >= 0.6 is 0 Å². The third-order valence-corrected chi connectivity index (χ3v) is 5.01. The van der Waals surface area contributed by atoms with Crippen LogP contribution in [0.5, 0.6) is 0 Å². The van der Waals surface area contributed by atoms with Crippen LogP contribution in [0.2, 0.25) is 0 Å². The number of methoxy groups -OCH3 is 1. The predicted molar refractivity (Wildman–Crippen MR) is 103 cm³/mol. The number of likely N-dealkylation sites (tertiary alicyclic amines) is 1. The number of hydrogen-bond acceptors (Lipinski definition) is 6. The lowest BCUT2D eigenvalue weighted by molar-refractivity contribution is -0.136. The summed E-state index contributed by atoms with van der Waals surface area (Å²) in [5.41, 5.74) is 1.18. The molecule has 150 valence electrons. The van der Waals surface area contributed by atoms with Gasteiger partial charge < -0.3 is 25.0 Å². The van der Waals surface area contributed by atoms with Crippen LogP contribution in [0.3, 0.4) is 0 Å². The van der Waals surface area contributed by atoms with Crippen molar-refractivity contribution in [2.75, 3.05) is 45.2 Å². The molecule has 2 N–H and O–H groups in total. The Morgan fingerprint density at radius 1 is 1.18 bits per heavy atom. The molecule has 0 spiro atoms. The number of hydrogen-bond donors (Lipinski definition) is 2. The summed E-state index contributed by atoms with van der Waals surface area (Å²) in [4.78, 5) is 41.0. The minimum atomic E-state index is -0.615. The van der Waals surface area contributed by atoms with Gasteiger partial charge in [0.25, 0.3) is 11.8 Å². The smallest absolute Gasteiger partial charge is 0.337 e. The fourth-order valence-electron chi connectivity index (χ4n) is 3.53. The van der Waals surface area contributed by atoms with Crippen molar-refractivity contribution in [2.45, 2.75) is 19.3 Å². The summed E-state index contributed by atoms with van der Waals surface area (Å²) in [6.45, 7) is 1.38. The molecule has 1 saturated heterocycles. The number of carbonyl (C=O) groups excluding carboxylic acids is 3. The van der Waals surface area contributed by atoms with Crippen molar-refractivity contribution < 1.29 is 24.2 Å². The lowest BCUT2D eigenvalue weighted by Crippen LogP contribution is -2.36. The number of aliphatic hydroxyl groups excluding tert-OH is 1. The number of nitrogens with one attached hydrogen (secondary N) is 1. The Morgan fingerprint density at radius 2 is 1.89 bits per heavy atom. The Kier molecular flexibility index (Phi) is 6.30. The van der Waals surface area contributed by atoms with E-state index in [1.165, 1.54) is 12.0 Å². The number of ether oxygens (including phenoxy) is 1. The Balaban J connectivity index is 1.90. The van der Waals surface area contributed by atoms with Crippen LogP contribution in [0.1, 0.15) is 29.6 Å². The zero-order chi connectivity index (χ0) is 20.1. The number of amides is 2. The van der Waals surface area contributed by atoms with E-state index in [9.17, 15) is 14.4 Å². The Labute approximate surface area is 163 Å². The maximum Gasteiger partial charge on any atom is 0.337 e. The zero-order valence-corrected chi connectivity index (χ0v) is 15.9. The normalized spacial score (nSPS) is 17.1. The van der Waals surface area contributed by atoms with Gasteiger partial charge in [-0.05, 0) is 31.4 Å². The van der Waals surface area contributed by atoms with E-state index in [4.69, 9.17) is 9.84 Å². The topological polar surface area (TPSA) is 99.2 Å². The standard InChI is InChI=1S/C20H25N3O5/c1-28-20(27)15-13-23(11-12-24)19(26)17(15)21-16-8-4-3-7-14(16)18(25)22-9-5-2-6-10-22/h3-4,7-8,21,24H,2,5-6,9-13H2,1H3. The van der Waals surface area contributed by atoms with Gasteiger partial charge >= 0.3 is 5.97 Å². The fourth-order valence-corrected chi connectivity index (χ4v) is 3.53. The summed E-state index contributed by atoms with van der Waals surface area (Å²) >= 11 is 0. The molecule has 0 unspecified atom stereocenters. The predicted octanol–water partition coefficient (Wildman–Crippen LogP) is 0.986. The van der Waals surface area contributed by atoms with Crippen molar-refractivity contribution >= 4 is 23.5 Å². The zero-order valence-electron chi connectivity index (χ0n) is 15.9. The van der Waals surface area contributed by atoms with Crippen LogP contribution < -0.4 is 5.32 Å². The van der Waals surface area contributed by atoms with E-state index >= 15 is 0 Å². The second-order valence-corrected chi connectivity index (χ2v) is 6.82.